The topological polar surface area (TPSA) is 103 Å². The van der Waals surface area contributed by atoms with Crippen LogP contribution in [0.4, 0.5) is 5.00 Å². The van der Waals surface area contributed by atoms with E-state index in [1.54, 1.807) is 4.68 Å². The standard InChI is InChI=1S/C24H27N5O2S/c1-14-18(27-28-29(14)2)11-13-24(15-6-4-3-5-7-15)12-10-17-19(23(31)26-16-8-9-16)22(25)32-20(17)21(24)30/h3-7,16H,8-13,25H2,1-2H3,(H,26,31). The molecule has 1 atom stereocenters. The summed E-state index contributed by atoms with van der Waals surface area (Å²) in [6, 6.07) is 10.2. The molecule has 5 rings (SSSR count). The number of rotatable bonds is 6. The molecule has 2 heterocycles. The number of nitrogens with zero attached hydrogens (tertiary/aromatic N) is 3. The molecule has 3 aromatic rings. The number of carbonyl (C=O) groups is 2. The first kappa shape index (κ1) is 20.9. The minimum absolute atomic E-state index is 0.0636. The molecule has 0 radical (unpaired) electrons. The van der Waals surface area contributed by atoms with E-state index < -0.39 is 5.41 Å². The average molecular weight is 450 g/mol. The number of nitrogen functional groups attached to an aromatic ring is 1. The van der Waals surface area contributed by atoms with E-state index in [1.165, 1.54) is 11.3 Å². The van der Waals surface area contributed by atoms with Crippen LogP contribution in [0.2, 0.25) is 0 Å². The molecule has 8 heteroatoms. The lowest BCUT2D eigenvalue weighted by Crippen LogP contribution is -2.40. The predicted octanol–water partition coefficient (Wildman–Crippen LogP) is 3.36. The molecule has 2 aliphatic carbocycles. The van der Waals surface area contributed by atoms with Crippen molar-refractivity contribution in [1.29, 1.82) is 0 Å². The summed E-state index contributed by atoms with van der Waals surface area (Å²) in [7, 11) is 1.87. The number of benzene rings is 1. The molecular weight excluding hydrogens is 422 g/mol. The maximum Gasteiger partial charge on any atom is 0.254 e. The predicted molar refractivity (Wildman–Crippen MR) is 124 cm³/mol. The van der Waals surface area contributed by atoms with Crippen molar-refractivity contribution < 1.29 is 9.59 Å². The van der Waals surface area contributed by atoms with Crippen molar-refractivity contribution in [2.45, 2.75) is 56.9 Å². The molecule has 32 heavy (non-hydrogen) atoms. The van der Waals surface area contributed by atoms with Gasteiger partial charge < -0.3 is 11.1 Å². The minimum atomic E-state index is -0.667. The summed E-state index contributed by atoms with van der Waals surface area (Å²) in [6.45, 7) is 2.00. The fourth-order valence-corrected chi connectivity index (χ4v) is 5.89. The third-order valence-electron chi connectivity index (χ3n) is 6.93. The SMILES string of the molecule is Cc1c(CCC2(c3ccccc3)CCc3c(sc(N)c3C(=O)NC3CC3)C2=O)nnn1C. The largest absolute Gasteiger partial charge is 0.390 e. The molecule has 0 spiro atoms. The Morgan fingerprint density at radius 3 is 2.72 bits per heavy atom. The number of nitrogens with one attached hydrogen (secondary N) is 1. The molecule has 3 N–H and O–H groups in total. The molecule has 7 nitrogen and oxygen atoms in total. The van der Waals surface area contributed by atoms with Crippen molar-refractivity contribution in [2.75, 3.05) is 5.73 Å². The molecule has 1 saturated carbocycles. The second-order valence-corrected chi connectivity index (χ2v) is 9.97. The number of aromatic nitrogens is 3. The Balaban J connectivity index is 1.52. The molecule has 1 aromatic carbocycles. The van der Waals surface area contributed by atoms with Gasteiger partial charge in [-0.25, -0.2) is 0 Å². The van der Waals surface area contributed by atoms with Crippen LogP contribution < -0.4 is 11.1 Å². The van der Waals surface area contributed by atoms with E-state index in [0.29, 0.717) is 41.1 Å². The number of amides is 1. The summed E-state index contributed by atoms with van der Waals surface area (Å²) in [6.07, 6.45) is 4.60. The number of ketones is 1. The van der Waals surface area contributed by atoms with Crippen LogP contribution in [0.1, 0.15) is 68.2 Å². The van der Waals surface area contributed by atoms with E-state index in [2.05, 4.69) is 15.6 Å². The van der Waals surface area contributed by atoms with Gasteiger partial charge in [0.2, 0.25) is 0 Å². The van der Waals surface area contributed by atoms with Crippen LogP contribution in [0.15, 0.2) is 30.3 Å². The molecule has 1 unspecified atom stereocenters. The first-order chi connectivity index (χ1) is 15.4. The van der Waals surface area contributed by atoms with Gasteiger partial charge in [-0.1, -0.05) is 35.5 Å². The van der Waals surface area contributed by atoms with Gasteiger partial charge in [0.15, 0.2) is 5.78 Å². The number of fused-ring (bicyclic) bond motifs is 1. The van der Waals surface area contributed by atoms with Crippen LogP contribution in [0.25, 0.3) is 0 Å². The van der Waals surface area contributed by atoms with Crippen molar-refractivity contribution >= 4 is 28.0 Å². The first-order valence-electron chi connectivity index (χ1n) is 11.1. The van der Waals surface area contributed by atoms with Gasteiger partial charge in [0.05, 0.1) is 32.2 Å². The number of thiophene rings is 1. The highest BCUT2D eigenvalue weighted by Crippen LogP contribution is 2.47. The van der Waals surface area contributed by atoms with E-state index in [4.69, 9.17) is 5.73 Å². The summed E-state index contributed by atoms with van der Waals surface area (Å²) in [5.74, 6) is -0.0774. The molecule has 1 amide bonds. The summed E-state index contributed by atoms with van der Waals surface area (Å²) >= 11 is 1.26. The van der Waals surface area contributed by atoms with Crippen LogP contribution in [0, 0.1) is 6.92 Å². The zero-order valence-electron chi connectivity index (χ0n) is 18.4. The van der Waals surface area contributed by atoms with Crippen LogP contribution in [-0.2, 0) is 25.3 Å². The summed E-state index contributed by atoms with van der Waals surface area (Å²) < 4.78 is 1.76. The third-order valence-corrected chi connectivity index (χ3v) is 7.99. The number of aryl methyl sites for hydroxylation is 2. The monoisotopic (exact) mass is 449 g/mol. The summed E-state index contributed by atoms with van der Waals surface area (Å²) in [5, 5.41) is 11.9. The molecule has 166 valence electrons. The fourth-order valence-electron chi connectivity index (χ4n) is 4.74. The van der Waals surface area contributed by atoms with Crippen LogP contribution in [-0.4, -0.2) is 32.7 Å². The number of carbonyl (C=O) groups excluding carboxylic acids is 2. The normalized spacial score (nSPS) is 20.2. The fraction of sp³-hybridized carbons (Fsp3) is 0.417. The minimum Gasteiger partial charge on any atom is -0.390 e. The quantitative estimate of drug-likeness (QED) is 0.601. The number of hydrogen-bond acceptors (Lipinski definition) is 6. The Labute approximate surface area is 191 Å². The van der Waals surface area contributed by atoms with Crippen LogP contribution in [0.5, 0.6) is 0 Å². The van der Waals surface area contributed by atoms with Crippen molar-refractivity contribution in [1.82, 2.24) is 20.3 Å². The number of Topliss-reactive ketones (excluding diaryl/α,β-unsaturated/α-hetero) is 1. The van der Waals surface area contributed by atoms with Gasteiger partial charge in [-0.15, -0.1) is 16.4 Å². The molecule has 0 aliphatic heterocycles. The summed E-state index contributed by atoms with van der Waals surface area (Å²) in [4.78, 5) is 27.5. The van der Waals surface area contributed by atoms with Gasteiger partial charge in [-0.3, -0.25) is 14.3 Å². The van der Waals surface area contributed by atoms with Gasteiger partial charge in [0, 0.05) is 13.1 Å². The maximum atomic E-state index is 14.1. The first-order valence-corrected chi connectivity index (χ1v) is 11.9. The van der Waals surface area contributed by atoms with Crippen molar-refractivity contribution in [3.63, 3.8) is 0 Å². The average Bonchev–Trinajstić information content (AvgIpc) is 3.46. The number of nitrogens with two attached hydrogens (primary N) is 1. The second kappa shape index (κ2) is 7.85. The second-order valence-electron chi connectivity index (χ2n) is 8.92. The van der Waals surface area contributed by atoms with Gasteiger partial charge in [-0.2, -0.15) is 0 Å². The van der Waals surface area contributed by atoms with E-state index in [-0.39, 0.29) is 17.7 Å². The van der Waals surface area contributed by atoms with Gasteiger partial charge in [-0.05, 0) is 56.6 Å². The molecule has 0 bridgehead atoms. The van der Waals surface area contributed by atoms with Crippen LogP contribution >= 0.6 is 11.3 Å². The number of anilines is 1. The van der Waals surface area contributed by atoms with Crippen molar-refractivity contribution in [2.24, 2.45) is 7.05 Å². The lowest BCUT2D eigenvalue weighted by atomic mass is 9.65. The highest BCUT2D eigenvalue weighted by Gasteiger charge is 2.46. The highest BCUT2D eigenvalue weighted by molar-refractivity contribution is 7.18. The Hall–Kier alpha value is -3.00. The third kappa shape index (κ3) is 3.43. The van der Waals surface area contributed by atoms with Crippen molar-refractivity contribution in [3.8, 4) is 0 Å². The highest BCUT2D eigenvalue weighted by atomic mass is 32.1. The Morgan fingerprint density at radius 2 is 2.06 bits per heavy atom. The van der Waals surface area contributed by atoms with E-state index in [0.717, 1.165) is 35.4 Å². The van der Waals surface area contributed by atoms with E-state index in [1.807, 2.05) is 44.3 Å². The Morgan fingerprint density at radius 1 is 1.31 bits per heavy atom. The summed E-state index contributed by atoms with van der Waals surface area (Å²) in [5.41, 5.74) is 9.87. The van der Waals surface area contributed by atoms with Gasteiger partial charge in [0.1, 0.15) is 0 Å². The molecule has 2 aliphatic rings. The molecular formula is C24H27N5O2S. The lowest BCUT2D eigenvalue weighted by molar-refractivity contribution is 0.0854. The van der Waals surface area contributed by atoms with E-state index in [9.17, 15) is 9.59 Å². The maximum absolute atomic E-state index is 14.1. The van der Waals surface area contributed by atoms with Crippen molar-refractivity contribution in [3.05, 3.63) is 63.3 Å². The van der Waals surface area contributed by atoms with Crippen LogP contribution in [0.3, 0.4) is 0 Å². The molecule has 1 fully saturated rings. The van der Waals surface area contributed by atoms with Gasteiger partial charge in [0.25, 0.3) is 5.91 Å². The molecule has 2 aromatic heterocycles. The zero-order valence-corrected chi connectivity index (χ0v) is 19.2. The zero-order chi connectivity index (χ0) is 22.5. The van der Waals surface area contributed by atoms with Gasteiger partial charge >= 0.3 is 0 Å². The molecule has 0 saturated heterocycles. The Kier molecular flexibility index (Phi) is 5.12. The Bertz CT molecular complexity index is 1190. The lowest BCUT2D eigenvalue weighted by Gasteiger charge is -2.36. The number of hydrogen-bond donors (Lipinski definition) is 2. The smallest absolute Gasteiger partial charge is 0.254 e. The van der Waals surface area contributed by atoms with E-state index >= 15 is 0 Å².